The molecular weight excluding hydrogens is 530 g/mol. The number of sulfonamides is 1. The van der Waals surface area contributed by atoms with Crippen LogP contribution in [0.3, 0.4) is 0 Å². The molecule has 178 valence electrons. The average Bonchev–Trinajstić information content (AvgIpc) is 3.41. The van der Waals surface area contributed by atoms with E-state index < -0.39 is 14.8 Å². The van der Waals surface area contributed by atoms with E-state index in [4.69, 9.17) is 18.9 Å². The second kappa shape index (κ2) is 8.87. The van der Waals surface area contributed by atoms with E-state index in [0.717, 1.165) is 4.47 Å². The van der Waals surface area contributed by atoms with Gasteiger partial charge in [-0.15, -0.1) is 0 Å². The predicted molar refractivity (Wildman–Crippen MR) is 124 cm³/mol. The van der Waals surface area contributed by atoms with Crippen LogP contribution >= 0.6 is 15.9 Å². The molecule has 0 saturated heterocycles. The number of anilines is 1. The number of nitrogens with one attached hydrogen (secondary N) is 1. The van der Waals surface area contributed by atoms with Crippen molar-refractivity contribution < 1.29 is 27.4 Å². The van der Waals surface area contributed by atoms with Gasteiger partial charge in [-0.05, 0) is 53.4 Å². The highest BCUT2D eigenvalue weighted by Gasteiger charge is 2.50. The lowest BCUT2D eigenvalue weighted by molar-refractivity contribution is 0.174. The van der Waals surface area contributed by atoms with Gasteiger partial charge in [-0.1, -0.05) is 6.07 Å². The van der Waals surface area contributed by atoms with Gasteiger partial charge in [0.15, 0.2) is 17.3 Å². The zero-order chi connectivity index (χ0) is 23.8. The Labute approximate surface area is 204 Å². The fraction of sp³-hybridized carbons (Fsp3) is 0.333. The number of halogens is 1. The third-order valence-electron chi connectivity index (χ3n) is 5.46. The average molecular weight is 550 g/mol. The third kappa shape index (κ3) is 4.57. The van der Waals surface area contributed by atoms with Crippen LogP contribution in [-0.4, -0.2) is 53.1 Å². The van der Waals surface area contributed by atoms with Gasteiger partial charge in [-0.3, -0.25) is 4.72 Å². The quantitative estimate of drug-likeness (QED) is 0.396. The van der Waals surface area contributed by atoms with Crippen molar-refractivity contribution in [3.8, 4) is 34.5 Å². The molecule has 1 aliphatic heterocycles. The molecule has 1 aromatic carbocycles. The third-order valence-corrected chi connectivity index (χ3v) is 8.03. The smallest absolute Gasteiger partial charge is 0.316 e. The van der Waals surface area contributed by atoms with E-state index in [1.807, 2.05) is 0 Å². The Bertz CT molecular complexity index is 1320. The van der Waals surface area contributed by atoms with Crippen molar-refractivity contribution in [2.45, 2.75) is 24.5 Å². The minimum atomic E-state index is -3.66. The number of rotatable bonds is 9. The van der Waals surface area contributed by atoms with E-state index in [0.29, 0.717) is 35.5 Å². The molecule has 11 nitrogen and oxygen atoms in total. The Morgan fingerprint density at radius 3 is 2.56 bits per heavy atom. The van der Waals surface area contributed by atoms with E-state index >= 15 is 0 Å². The molecule has 1 saturated carbocycles. The van der Waals surface area contributed by atoms with Crippen LogP contribution in [0.2, 0.25) is 0 Å². The number of ether oxygens (including phenoxy) is 4. The molecule has 0 radical (unpaired) electrons. The van der Waals surface area contributed by atoms with Gasteiger partial charge < -0.3 is 18.9 Å². The van der Waals surface area contributed by atoms with Crippen LogP contribution in [0, 0.1) is 0 Å². The summed E-state index contributed by atoms with van der Waals surface area (Å²) in [5.41, 5.74) is 0.990. The van der Waals surface area contributed by atoms with Crippen molar-refractivity contribution in [3.05, 3.63) is 41.4 Å². The SMILES string of the molecule is CC1(S(=O)(=O)Nc2ncnc(OCCOc3ncc(Br)cn3)c2-c2ccc3c(c2)OCO3)CC1. The minimum Gasteiger partial charge on any atom is -0.473 e. The van der Waals surface area contributed by atoms with Crippen LogP contribution in [0.25, 0.3) is 11.1 Å². The zero-order valence-electron chi connectivity index (χ0n) is 18.0. The number of nitrogens with zero attached hydrogens (tertiary/aromatic N) is 4. The number of hydrogen-bond acceptors (Lipinski definition) is 10. The van der Waals surface area contributed by atoms with Crippen molar-refractivity contribution >= 4 is 31.8 Å². The largest absolute Gasteiger partial charge is 0.473 e. The standard InChI is InChI=1S/C21H20BrN5O6S/c1-21(4-5-21)34(28,29)27-18-17(13-2-3-15-16(8-13)33-12-32-15)19(26-11-25-18)30-6-7-31-20-23-9-14(22)10-24-20/h2-3,8-11H,4-7,12H2,1H3,(H,25,26,27). The highest BCUT2D eigenvalue weighted by atomic mass is 79.9. The number of aromatic nitrogens is 4. The van der Waals surface area contributed by atoms with E-state index in [9.17, 15) is 8.42 Å². The molecule has 2 aliphatic rings. The van der Waals surface area contributed by atoms with E-state index in [2.05, 4.69) is 40.6 Å². The summed E-state index contributed by atoms with van der Waals surface area (Å²) >= 11 is 3.27. The molecule has 34 heavy (non-hydrogen) atoms. The first-order valence-corrected chi connectivity index (χ1v) is 12.6. The molecule has 0 spiro atoms. The number of fused-ring (bicyclic) bond motifs is 1. The van der Waals surface area contributed by atoms with Gasteiger partial charge >= 0.3 is 6.01 Å². The Hall–Kier alpha value is -3.19. The summed E-state index contributed by atoms with van der Waals surface area (Å²) in [6.07, 6.45) is 5.57. The van der Waals surface area contributed by atoms with Crippen LogP contribution in [-0.2, 0) is 10.0 Å². The Morgan fingerprint density at radius 2 is 1.79 bits per heavy atom. The van der Waals surface area contributed by atoms with Crippen LogP contribution in [0.1, 0.15) is 19.8 Å². The molecular formula is C21H20BrN5O6S. The molecule has 2 aromatic heterocycles. The van der Waals surface area contributed by atoms with Crippen molar-refractivity contribution in [2.75, 3.05) is 24.7 Å². The summed E-state index contributed by atoms with van der Waals surface area (Å²) in [5, 5.41) is 0. The number of hydrogen-bond donors (Lipinski definition) is 1. The summed E-state index contributed by atoms with van der Waals surface area (Å²) in [6, 6.07) is 5.44. The highest BCUT2D eigenvalue weighted by Crippen LogP contribution is 2.45. The molecule has 1 fully saturated rings. The molecule has 0 bridgehead atoms. The lowest BCUT2D eigenvalue weighted by Crippen LogP contribution is -2.27. The summed E-state index contributed by atoms with van der Waals surface area (Å²) in [7, 11) is -3.66. The van der Waals surface area contributed by atoms with Gasteiger partial charge in [-0.25, -0.2) is 28.4 Å². The minimum absolute atomic E-state index is 0.109. The van der Waals surface area contributed by atoms with Gasteiger partial charge in [0.25, 0.3) is 0 Å². The fourth-order valence-electron chi connectivity index (χ4n) is 3.21. The molecule has 1 aliphatic carbocycles. The molecule has 0 atom stereocenters. The van der Waals surface area contributed by atoms with Crippen molar-refractivity contribution in [1.82, 2.24) is 19.9 Å². The summed E-state index contributed by atoms with van der Waals surface area (Å²) in [5.74, 6) is 1.44. The second-order valence-corrected chi connectivity index (χ2v) is 11.0. The lowest BCUT2D eigenvalue weighted by atomic mass is 10.1. The van der Waals surface area contributed by atoms with Crippen LogP contribution in [0.15, 0.2) is 41.4 Å². The van der Waals surface area contributed by atoms with E-state index in [1.54, 1.807) is 37.5 Å². The molecule has 13 heteroatoms. The van der Waals surface area contributed by atoms with Crippen LogP contribution < -0.4 is 23.7 Å². The highest BCUT2D eigenvalue weighted by molar-refractivity contribution is 9.10. The molecule has 0 amide bonds. The van der Waals surface area contributed by atoms with Gasteiger partial charge in [0.2, 0.25) is 22.7 Å². The van der Waals surface area contributed by atoms with Crippen LogP contribution in [0.5, 0.6) is 23.4 Å². The summed E-state index contributed by atoms with van der Waals surface area (Å²) < 4.78 is 50.6. The zero-order valence-corrected chi connectivity index (χ0v) is 20.4. The van der Waals surface area contributed by atoms with Gasteiger partial charge in [0, 0.05) is 12.4 Å². The predicted octanol–water partition coefficient (Wildman–Crippen LogP) is 3.18. The van der Waals surface area contributed by atoms with Gasteiger partial charge in [0.1, 0.15) is 19.5 Å². The Kier molecular flexibility index (Phi) is 5.90. The van der Waals surface area contributed by atoms with Crippen LogP contribution in [0.4, 0.5) is 5.82 Å². The van der Waals surface area contributed by atoms with E-state index in [-0.39, 0.29) is 37.7 Å². The maximum absolute atomic E-state index is 12.9. The first kappa shape index (κ1) is 22.6. The van der Waals surface area contributed by atoms with Crippen molar-refractivity contribution in [1.29, 1.82) is 0 Å². The molecule has 1 N–H and O–H groups in total. The van der Waals surface area contributed by atoms with Crippen molar-refractivity contribution in [3.63, 3.8) is 0 Å². The Morgan fingerprint density at radius 1 is 1.06 bits per heavy atom. The lowest BCUT2D eigenvalue weighted by Gasteiger charge is -2.17. The molecule has 3 aromatic rings. The Balaban J connectivity index is 1.41. The topological polar surface area (TPSA) is 135 Å². The first-order valence-electron chi connectivity index (χ1n) is 10.4. The fourth-order valence-corrected chi connectivity index (χ4v) is 4.71. The maximum Gasteiger partial charge on any atom is 0.316 e. The molecule has 0 unspecified atom stereocenters. The summed E-state index contributed by atoms with van der Waals surface area (Å²) in [6.45, 7) is 2.07. The first-order chi connectivity index (χ1) is 16.3. The number of benzene rings is 1. The van der Waals surface area contributed by atoms with Crippen molar-refractivity contribution in [2.24, 2.45) is 0 Å². The molecule has 5 rings (SSSR count). The molecule has 3 heterocycles. The van der Waals surface area contributed by atoms with E-state index in [1.165, 1.54) is 6.33 Å². The summed E-state index contributed by atoms with van der Waals surface area (Å²) in [4.78, 5) is 16.5. The normalized spacial score (nSPS) is 15.6. The van der Waals surface area contributed by atoms with Gasteiger partial charge in [-0.2, -0.15) is 0 Å². The second-order valence-electron chi connectivity index (χ2n) is 7.91. The maximum atomic E-state index is 12.9. The monoisotopic (exact) mass is 549 g/mol. The van der Waals surface area contributed by atoms with Gasteiger partial charge in [0.05, 0.1) is 14.8 Å².